The molecule has 5 atom stereocenters. The maximum absolute atomic E-state index is 13.1. The molecule has 1 aliphatic carbocycles. The summed E-state index contributed by atoms with van der Waals surface area (Å²) in [6.07, 6.45) is -1.02. The van der Waals surface area contributed by atoms with Crippen molar-refractivity contribution in [2.45, 2.75) is 37.2 Å². The van der Waals surface area contributed by atoms with Crippen LogP contribution in [0.1, 0.15) is 19.8 Å². The minimum Gasteiger partial charge on any atom is -0.462 e. The highest BCUT2D eigenvalue weighted by Gasteiger charge is 2.56. The van der Waals surface area contributed by atoms with Gasteiger partial charge in [0.15, 0.2) is 0 Å². The van der Waals surface area contributed by atoms with Crippen molar-refractivity contribution in [1.82, 2.24) is 0 Å². The summed E-state index contributed by atoms with van der Waals surface area (Å²) in [5.74, 6) is -4.29. The van der Waals surface area contributed by atoms with Crippen molar-refractivity contribution in [1.29, 1.82) is 0 Å². The molecule has 2 N–H and O–H groups in total. The molecule has 23 heavy (non-hydrogen) atoms. The molecule has 132 valence electrons. The number of ether oxygens (including phenoxy) is 2. The number of alkyl halides is 2. The Kier molecular flexibility index (Phi) is 4.66. The summed E-state index contributed by atoms with van der Waals surface area (Å²) in [7, 11) is -5.95. The number of carbonyl (C=O) groups is 2. The smallest absolute Gasteiger partial charge is 0.462 e. The van der Waals surface area contributed by atoms with Crippen molar-refractivity contribution in [2.24, 2.45) is 17.8 Å². The largest absolute Gasteiger partial charge is 0.465 e. The maximum atomic E-state index is 13.1. The summed E-state index contributed by atoms with van der Waals surface area (Å²) in [6.45, 7) is 0.809. The topological polar surface area (TPSA) is 127 Å². The first kappa shape index (κ1) is 18.0. The Hall–Kier alpha value is -1.33. The zero-order valence-electron chi connectivity index (χ0n) is 12.0. The quantitative estimate of drug-likeness (QED) is 0.518. The van der Waals surface area contributed by atoms with Crippen LogP contribution >= 0.6 is 0 Å². The van der Waals surface area contributed by atoms with E-state index in [9.17, 15) is 31.9 Å². The molecule has 2 rings (SSSR count). The summed E-state index contributed by atoms with van der Waals surface area (Å²) in [5, 5.41) is 4.65. The highest BCUT2D eigenvalue weighted by atomic mass is 32.2. The Morgan fingerprint density at radius 1 is 1.52 bits per heavy atom. The van der Waals surface area contributed by atoms with Crippen LogP contribution in [0.4, 0.5) is 8.78 Å². The molecule has 1 saturated heterocycles. The second-order valence-corrected chi connectivity index (χ2v) is 7.28. The van der Waals surface area contributed by atoms with Gasteiger partial charge in [-0.3, -0.25) is 9.35 Å². The standard InChI is InChI=1S/C12H16F2O8S/c1-5(15)7-2-6-3-9(16)22-10(6)8(7)4-21-11(17)12(13,14)23(18,19)20/h5-8,10,15H,2-4H2,1H3,(H,18,19,20). The van der Waals surface area contributed by atoms with Crippen LogP contribution in [-0.2, 0) is 29.2 Å². The third-order valence-corrected chi connectivity index (χ3v) is 5.11. The van der Waals surface area contributed by atoms with Gasteiger partial charge in [0.05, 0.1) is 19.1 Å². The summed E-state index contributed by atoms with van der Waals surface area (Å²) < 4.78 is 65.0. The van der Waals surface area contributed by atoms with Crippen molar-refractivity contribution in [3.05, 3.63) is 0 Å². The highest BCUT2D eigenvalue weighted by Crippen LogP contribution is 2.46. The summed E-state index contributed by atoms with van der Waals surface area (Å²) in [5.41, 5.74) is 0. The molecule has 0 radical (unpaired) electrons. The minimum atomic E-state index is -5.95. The predicted molar refractivity (Wildman–Crippen MR) is 68.7 cm³/mol. The number of hydrogen-bond acceptors (Lipinski definition) is 7. The minimum absolute atomic E-state index is 0.125. The SMILES string of the molecule is CC(O)C1CC2CC(=O)OC2C1COC(=O)C(F)(F)S(=O)(=O)O. The monoisotopic (exact) mass is 358 g/mol. The van der Waals surface area contributed by atoms with E-state index in [0.717, 1.165) is 0 Å². The van der Waals surface area contributed by atoms with Gasteiger partial charge in [0.25, 0.3) is 0 Å². The molecule has 0 aromatic heterocycles. The van der Waals surface area contributed by atoms with E-state index >= 15 is 0 Å². The number of carbonyl (C=O) groups excluding carboxylic acids is 2. The summed E-state index contributed by atoms with van der Waals surface area (Å²) >= 11 is 0. The number of esters is 2. The van der Waals surface area contributed by atoms with Crippen LogP contribution in [0.15, 0.2) is 0 Å². The first-order chi connectivity index (χ1) is 10.4. The Morgan fingerprint density at radius 3 is 2.65 bits per heavy atom. The average molecular weight is 358 g/mol. The van der Waals surface area contributed by atoms with Crippen LogP contribution in [0, 0.1) is 17.8 Å². The second-order valence-electron chi connectivity index (χ2n) is 5.81. The first-order valence-corrected chi connectivity index (χ1v) is 8.28. The van der Waals surface area contributed by atoms with Crippen molar-refractivity contribution in [2.75, 3.05) is 6.61 Å². The van der Waals surface area contributed by atoms with Crippen molar-refractivity contribution < 1.29 is 45.9 Å². The maximum Gasteiger partial charge on any atom is 0.465 e. The lowest BCUT2D eigenvalue weighted by Crippen LogP contribution is -2.41. The van der Waals surface area contributed by atoms with E-state index in [1.807, 2.05) is 0 Å². The zero-order valence-corrected chi connectivity index (χ0v) is 12.8. The van der Waals surface area contributed by atoms with Gasteiger partial charge in [-0.25, -0.2) is 4.79 Å². The van der Waals surface area contributed by atoms with Crippen LogP contribution in [0.25, 0.3) is 0 Å². The van der Waals surface area contributed by atoms with Crippen molar-refractivity contribution in [3.63, 3.8) is 0 Å². The molecule has 5 unspecified atom stereocenters. The molecule has 11 heteroatoms. The van der Waals surface area contributed by atoms with Gasteiger partial charge in [-0.05, 0) is 19.3 Å². The van der Waals surface area contributed by atoms with Crippen LogP contribution in [0.3, 0.4) is 0 Å². The van der Waals surface area contributed by atoms with E-state index in [2.05, 4.69) is 4.74 Å². The van der Waals surface area contributed by atoms with Gasteiger partial charge in [0.1, 0.15) is 6.10 Å². The van der Waals surface area contributed by atoms with Gasteiger partial charge in [0, 0.05) is 11.8 Å². The fourth-order valence-corrected chi connectivity index (χ4v) is 3.45. The number of hydrogen-bond donors (Lipinski definition) is 2. The van der Waals surface area contributed by atoms with Gasteiger partial charge in [-0.1, -0.05) is 0 Å². The van der Waals surface area contributed by atoms with Gasteiger partial charge in [0.2, 0.25) is 0 Å². The lowest BCUT2D eigenvalue weighted by Gasteiger charge is -2.25. The zero-order chi connectivity index (χ0) is 17.6. The van der Waals surface area contributed by atoms with E-state index < -0.39 is 58.0 Å². The van der Waals surface area contributed by atoms with Gasteiger partial charge in [-0.2, -0.15) is 17.2 Å². The van der Waals surface area contributed by atoms with Gasteiger partial charge >= 0.3 is 27.3 Å². The molecule has 0 amide bonds. The Labute approximate surface area is 130 Å². The molecule has 1 saturated carbocycles. The lowest BCUT2D eigenvalue weighted by atomic mass is 9.91. The summed E-state index contributed by atoms with van der Waals surface area (Å²) in [6, 6.07) is 0. The molecule has 2 fully saturated rings. The Morgan fingerprint density at radius 2 is 2.13 bits per heavy atom. The Bertz CT molecular complexity index is 602. The van der Waals surface area contributed by atoms with Crippen LogP contribution in [-0.4, -0.2) is 54.1 Å². The van der Waals surface area contributed by atoms with E-state index in [1.165, 1.54) is 6.92 Å². The van der Waals surface area contributed by atoms with Crippen LogP contribution in [0.2, 0.25) is 0 Å². The third-order valence-electron chi connectivity index (χ3n) is 4.30. The number of aliphatic hydroxyl groups is 1. The highest BCUT2D eigenvalue weighted by molar-refractivity contribution is 7.87. The van der Waals surface area contributed by atoms with Crippen molar-refractivity contribution >= 4 is 22.1 Å². The number of rotatable bonds is 5. The molecule has 2 aliphatic rings. The third kappa shape index (κ3) is 3.31. The van der Waals surface area contributed by atoms with Crippen molar-refractivity contribution in [3.8, 4) is 0 Å². The number of fused-ring (bicyclic) bond motifs is 1. The van der Waals surface area contributed by atoms with Gasteiger partial charge in [-0.15, -0.1) is 0 Å². The summed E-state index contributed by atoms with van der Waals surface area (Å²) in [4.78, 5) is 22.5. The fourth-order valence-electron chi connectivity index (χ4n) is 3.18. The van der Waals surface area contributed by atoms with E-state index in [1.54, 1.807) is 0 Å². The number of halogens is 2. The average Bonchev–Trinajstić information content (AvgIpc) is 2.90. The molecular formula is C12H16F2O8S. The fraction of sp³-hybridized carbons (Fsp3) is 0.833. The first-order valence-electron chi connectivity index (χ1n) is 6.84. The molecule has 0 bridgehead atoms. The normalized spacial score (nSPS) is 32.3. The van der Waals surface area contributed by atoms with E-state index in [4.69, 9.17) is 9.29 Å². The van der Waals surface area contributed by atoms with E-state index in [-0.39, 0.29) is 12.3 Å². The molecule has 0 aromatic rings. The molecular weight excluding hydrogens is 342 g/mol. The predicted octanol–water partition coefficient (Wildman–Crippen LogP) is -0.0412. The Balaban J connectivity index is 2.08. The van der Waals surface area contributed by atoms with Crippen LogP contribution in [0.5, 0.6) is 0 Å². The molecule has 8 nitrogen and oxygen atoms in total. The molecule has 1 heterocycles. The second kappa shape index (κ2) is 5.95. The number of aliphatic hydroxyl groups excluding tert-OH is 1. The van der Waals surface area contributed by atoms with Crippen LogP contribution < -0.4 is 0 Å². The molecule has 0 spiro atoms. The lowest BCUT2D eigenvalue weighted by molar-refractivity contribution is -0.165. The van der Waals surface area contributed by atoms with E-state index in [0.29, 0.717) is 6.42 Å². The molecule has 1 aliphatic heterocycles. The molecule has 0 aromatic carbocycles. The van der Waals surface area contributed by atoms with Gasteiger partial charge < -0.3 is 14.6 Å².